The molecule has 0 atom stereocenters. The lowest BCUT2D eigenvalue weighted by molar-refractivity contribution is 0.101. The van der Waals surface area contributed by atoms with Gasteiger partial charge in [-0.1, -0.05) is 42.5 Å². The van der Waals surface area contributed by atoms with Crippen molar-refractivity contribution in [3.63, 3.8) is 0 Å². The van der Waals surface area contributed by atoms with E-state index in [2.05, 4.69) is 15.3 Å². The fourth-order valence-corrected chi connectivity index (χ4v) is 3.93. The second-order valence-electron chi connectivity index (χ2n) is 7.35. The highest BCUT2D eigenvalue weighted by Gasteiger charge is 2.16. The van der Waals surface area contributed by atoms with Crippen molar-refractivity contribution in [2.45, 2.75) is 26.4 Å². The second-order valence-corrected chi connectivity index (χ2v) is 8.35. The highest BCUT2D eigenvalue weighted by atomic mass is 32.1. The number of rotatable bonds is 10. The van der Waals surface area contributed by atoms with Gasteiger partial charge in [0.15, 0.2) is 5.96 Å². The Bertz CT molecular complexity index is 1140. The summed E-state index contributed by atoms with van der Waals surface area (Å²) in [5.74, 6) is -0.0991. The number of hydrogen-bond donors (Lipinski definition) is 3. The maximum Gasteiger partial charge on any atom is 0.407 e. The van der Waals surface area contributed by atoms with Crippen molar-refractivity contribution in [1.82, 2.24) is 10.3 Å². The van der Waals surface area contributed by atoms with Gasteiger partial charge in [0, 0.05) is 12.1 Å². The maximum absolute atomic E-state index is 12.1. The van der Waals surface area contributed by atoms with E-state index in [9.17, 15) is 9.59 Å². The minimum Gasteiger partial charge on any atom is -0.494 e. The van der Waals surface area contributed by atoms with Crippen molar-refractivity contribution in [2.24, 2.45) is 16.5 Å². The van der Waals surface area contributed by atoms with Gasteiger partial charge in [-0.25, -0.2) is 9.78 Å². The number of hydrogen-bond acceptors (Lipinski definition) is 6. The largest absolute Gasteiger partial charge is 0.494 e. The van der Waals surface area contributed by atoms with Gasteiger partial charge < -0.3 is 26.3 Å². The third-order valence-corrected chi connectivity index (χ3v) is 5.82. The molecule has 0 aliphatic rings. The van der Waals surface area contributed by atoms with Crippen LogP contribution in [0.15, 0.2) is 59.6 Å². The van der Waals surface area contributed by atoms with E-state index in [4.69, 9.17) is 20.9 Å². The number of carbonyl (C=O) groups excluding carboxylic acids is 2. The summed E-state index contributed by atoms with van der Waals surface area (Å²) in [7, 11) is 0. The summed E-state index contributed by atoms with van der Waals surface area (Å²) in [6.07, 6.45) is 1.08. The molecule has 3 rings (SSSR count). The summed E-state index contributed by atoms with van der Waals surface area (Å²) in [6.45, 7) is 2.98. The molecule has 0 aliphatic heterocycles. The van der Waals surface area contributed by atoms with Crippen molar-refractivity contribution in [3.05, 3.63) is 70.7 Å². The number of carbonyl (C=O) groups is 2. The molecule has 0 aliphatic carbocycles. The van der Waals surface area contributed by atoms with E-state index in [1.807, 2.05) is 54.6 Å². The van der Waals surface area contributed by atoms with Crippen LogP contribution < -0.4 is 21.5 Å². The highest BCUT2D eigenvalue weighted by molar-refractivity contribution is 7.17. The number of unbranched alkanes of at least 4 members (excludes halogenated alkanes) is 1. The minimum atomic E-state index is -0.508. The Morgan fingerprint density at radius 2 is 1.88 bits per heavy atom. The lowest BCUT2D eigenvalue weighted by Crippen LogP contribution is -2.25. The van der Waals surface area contributed by atoms with Gasteiger partial charge in [0.05, 0.1) is 12.3 Å². The first-order valence-electron chi connectivity index (χ1n) is 10.7. The quantitative estimate of drug-likeness (QED) is 0.228. The fourth-order valence-electron chi connectivity index (χ4n) is 2.99. The Balaban J connectivity index is 1.41. The average molecular weight is 482 g/mol. The molecular formula is C24H27N5O4S. The predicted molar refractivity (Wildman–Crippen MR) is 132 cm³/mol. The number of guanidine groups is 1. The Morgan fingerprint density at radius 3 is 2.65 bits per heavy atom. The van der Waals surface area contributed by atoms with E-state index in [0.717, 1.165) is 24.0 Å². The molecule has 0 bridgehead atoms. The molecule has 2 amide bonds. The minimum absolute atomic E-state index is 0.245. The molecule has 3 aromatic rings. The lowest BCUT2D eigenvalue weighted by atomic mass is 10.2. The van der Waals surface area contributed by atoms with Crippen molar-refractivity contribution < 1.29 is 19.1 Å². The number of nitrogens with zero attached hydrogens (tertiary/aromatic N) is 2. The first kappa shape index (κ1) is 24.7. The molecule has 178 valence electrons. The van der Waals surface area contributed by atoms with Gasteiger partial charge in [-0.3, -0.25) is 4.79 Å². The van der Waals surface area contributed by atoms with E-state index >= 15 is 0 Å². The molecule has 0 saturated heterocycles. The monoisotopic (exact) mass is 481 g/mol. The Hall–Kier alpha value is -3.92. The number of aliphatic imine (C=N–C) groups is 1. The average Bonchev–Trinajstić information content (AvgIpc) is 3.22. The first-order chi connectivity index (χ1) is 16.4. The molecule has 34 heavy (non-hydrogen) atoms. The highest BCUT2D eigenvalue weighted by Crippen LogP contribution is 2.30. The van der Waals surface area contributed by atoms with Crippen LogP contribution in [0.1, 0.15) is 33.8 Å². The molecule has 0 unspecified atom stereocenters. The van der Waals surface area contributed by atoms with Gasteiger partial charge in [-0.15, -0.1) is 11.3 Å². The molecule has 0 radical (unpaired) electrons. The molecule has 9 nitrogen and oxygen atoms in total. The standard InChI is InChI=1S/C24H27N5O4S/c1-16-20(21(30)29-23(25)26)34-22(28-16)18-10-7-11-19(14-18)32-13-6-5-12-27-24(31)33-15-17-8-3-2-4-9-17/h2-4,7-11,14H,5-6,12-13,15H2,1H3,(H,27,31)(H4,25,26,29,30). The molecule has 1 heterocycles. The zero-order valence-electron chi connectivity index (χ0n) is 18.8. The zero-order chi connectivity index (χ0) is 24.3. The second kappa shape index (κ2) is 12.4. The van der Waals surface area contributed by atoms with E-state index in [1.165, 1.54) is 11.3 Å². The van der Waals surface area contributed by atoms with Gasteiger partial charge in [-0.05, 0) is 37.5 Å². The molecule has 1 aromatic heterocycles. The SMILES string of the molecule is Cc1nc(-c2cccc(OCCCCNC(=O)OCc3ccccc3)c2)sc1C(=O)N=C(N)N. The van der Waals surface area contributed by atoms with Crippen LogP contribution in [0.2, 0.25) is 0 Å². The number of ether oxygens (including phenoxy) is 2. The van der Waals surface area contributed by atoms with Crippen LogP contribution in [-0.2, 0) is 11.3 Å². The third kappa shape index (κ3) is 7.59. The summed E-state index contributed by atoms with van der Waals surface area (Å²) in [5.41, 5.74) is 12.9. The van der Waals surface area contributed by atoms with Gasteiger partial charge in [-0.2, -0.15) is 4.99 Å². The van der Waals surface area contributed by atoms with Gasteiger partial charge >= 0.3 is 6.09 Å². The molecule has 5 N–H and O–H groups in total. The number of nitrogens with one attached hydrogen (secondary N) is 1. The number of benzene rings is 2. The molecule has 10 heteroatoms. The summed E-state index contributed by atoms with van der Waals surface area (Å²) >= 11 is 1.23. The molecule has 0 saturated carbocycles. The predicted octanol–water partition coefficient (Wildman–Crippen LogP) is 3.62. The van der Waals surface area contributed by atoms with Crippen LogP contribution in [-0.4, -0.2) is 36.1 Å². The number of thiazole rings is 1. The van der Waals surface area contributed by atoms with Crippen molar-refractivity contribution in [1.29, 1.82) is 0 Å². The third-order valence-electron chi connectivity index (χ3n) is 4.62. The van der Waals surface area contributed by atoms with Gasteiger partial charge in [0.2, 0.25) is 0 Å². The Morgan fingerprint density at radius 1 is 1.09 bits per heavy atom. The van der Waals surface area contributed by atoms with Crippen molar-refractivity contribution in [3.8, 4) is 16.3 Å². The molecule has 2 aromatic carbocycles. The number of amides is 2. The van der Waals surface area contributed by atoms with E-state index < -0.39 is 12.0 Å². The molecule has 0 spiro atoms. The molecular weight excluding hydrogens is 454 g/mol. The number of aromatic nitrogens is 1. The Labute approximate surface area is 201 Å². The number of alkyl carbamates (subject to hydrolysis) is 1. The normalized spacial score (nSPS) is 10.4. The van der Waals surface area contributed by atoms with Crippen LogP contribution in [0.3, 0.4) is 0 Å². The summed E-state index contributed by atoms with van der Waals surface area (Å²) in [4.78, 5) is 32.3. The summed E-state index contributed by atoms with van der Waals surface area (Å²) in [5, 5.41) is 3.41. The van der Waals surface area contributed by atoms with E-state index in [1.54, 1.807) is 6.92 Å². The Kier molecular flexibility index (Phi) is 8.98. The van der Waals surface area contributed by atoms with Gasteiger partial charge in [0.25, 0.3) is 5.91 Å². The zero-order valence-corrected chi connectivity index (χ0v) is 19.6. The van der Waals surface area contributed by atoms with Crippen LogP contribution >= 0.6 is 11.3 Å². The summed E-state index contributed by atoms with van der Waals surface area (Å²) in [6, 6.07) is 17.0. The van der Waals surface area contributed by atoms with E-state index in [0.29, 0.717) is 34.5 Å². The summed E-state index contributed by atoms with van der Waals surface area (Å²) < 4.78 is 11.0. The van der Waals surface area contributed by atoms with Crippen LogP contribution in [0.5, 0.6) is 5.75 Å². The van der Waals surface area contributed by atoms with Crippen LogP contribution in [0.25, 0.3) is 10.6 Å². The fraction of sp³-hybridized carbons (Fsp3) is 0.250. The van der Waals surface area contributed by atoms with E-state index in [-0.39, 0.29) is 12.6 Å². The smallest absolute Gasteiger partial charge is 0.407 e. The molecule has 0 fully saturated rings. The van der Waals surface area contributed by atoms with Crippen LogP contribution in [0.4, 0.5) is 4.79 Å². The van der Waals surface area contributed by atoms with Crippen molar-refractivity contribution in [2.75, 3.05) is 13.2 Å². The maximum atomic E-state index is 12.1. The number of aryl methyl sites for hydroxylation is 1. The number of nitrogens with two attached hydrogens (primary N) is 2. The van der Waals surface area contributed by atoms with Crippen LogP contribution in [0, 0.1) is 6.92 Å². The first-order valence-corrected chi connectivity index (χ1v) is 11.5. The van der Waals surface area contributed by atoms with Crippen molar-refractivity contribution >= 4 is 29.3 Å². The topological polar surface area (TPSA) is 142 Å². The lowest BCUT2D eigenvalue weighted by Gasteiger charge is -2.09. The van der Waals surface area contributed by atoms with Gasteiger partial charge in [0.1, 0.15) is 22.2 Å².